The number of carbonyl (C=O) groups is 2. The number of aliphatic imine (C=N–C) groups is 1. The molecule has 5 rings (SSSR count). The Kier molecular flexibility index (Phi) is 6.41. The van der Waals surface area contributed by atoms with Crippen LogP contribution in [0.5, 0.6) is 0 Å². The fourth-order valence-corrected chi connectivity index (χ4v) is 5.69. The van der Waals surface area contributed by atoms with Crippen LogP contribution in [0.2, 0.25) is 5.02 Å². The molecule has 1 saturated carbocycles. The van der Waals surface area contributed by atoms with Crippen molar-refractivity contribution in [2.75, 3.05) is 43.0 Å². The van der Waals surface area contributed by atoms with E-state index in [1.807, 2.05) is 12.1 Å². The van der Waals surface area contributed by atoms with Crippen LogP contribution in [0.3, 0.4) is 0 Å². The van der Waals surface area contributed by atoms with Crippen LogP contribution in [-0.4, -0.2) is 68.8 Å². The van der Waals surface area contributed by atoms with Gasteiger partial charge in [-0.2, -0.15) is 0 Å². The Bertz CT molecular complexity index is 1310. The number of guanidine groups is 1. The third-order valence-corrected chi connectivity index (χ3v) is 8.38. The van der Waals surface area contributed by atoms with Gasteiger partial charge >= 0.3 is 0 Å². The molecule has 35 heavy (non-hydrogen) atoms. The monoisotopic (exact) mass is 515 g/mol. The standard InChI is InChI=1S/C24H26ClN5O4S/c25-21-17(23(32)30-10-12-35(33,34)13-11-30)2-1-3-20(21)28-19-7-6-16(14-18(19)15-4-5-15)22(31)29-24-26-8-9-27-24/h1-3,6-7,14-15,28H,4-5,8-13H2,(H2,26,27,29,31). The molecule has 2 aromatic carbocycles. The lowest BCUT2D eigenvalue weighted by Crippen LogP contribution is -2.43. The summed E-state index contributed by atoms with van der Waals surface area (Å²) in [6.07, 6.45) is 2.08. The van der Waals surface area contributed by atoms with Crippen LogP contribution in [0.15, 0.2) is 41.4 Å². The molecule has 0 bridgehead atoms. The molecular formula is C24H26ClN5O4S. The van der Waals surface area contributed by atoms with Crippen LogP contribution in [0.4, 0.5) is 11.4 Å². The summed E-state index contributed by atoms with van der Waals surface area (Å²) in [5.41, 5.74) is 3.29. The zero-order valence-electron chi connectivity index (χ0n) is 19.0. The van der Waals surface area contributed by atoms with Gasteiger partial charge in [0.15, 0.2) is 15.8 Å². The molecule has 2 fully saturated rings. The largest absolute Gasteiger partial charge is 0.354 e. The van der Waals surface area contributed by atoms with E-state index in [9.17, 15) is 18.0 Å². The number of sulfone groups is 1. The van der Waals surface area contributed by atoms with Gasteiger partial charge in [-0.25, -0.2) is 8.42 Å². The summed E-state index contributed by atoms with van der Waals surface area (Å²) in [7, 11) is -3.09. The first kappa shape index (κ1) is 23.6. The third-order valence-electron chi connectivity index (χ3n) is 6.37. The number of benzene rings is 2. The molecule has 2 aliphatic heterocycles. The second kappa shape index (κ2) is 9.50. The average molecular weight is 516 g/mol. The summed E-state index contributed by atoms with van der Waals surface area (Å²) in [6.45, 7) is 1.68. The van der Waals surface area contributed by atoms with Gasteiger partial charge in [-0.1, -0.05) is 17.7 Å². The van der Waals surface area contributed by atoms with Crippen molar-refractivity contribution in [1.82, 2.24) is 15.5 Å². The van der Waals surface area contributed by atoms with Gasteiger partial charge in [0.2, 0.25) is 0 Å². The number of nitrogens with one attached hydrogen (secondary N) is 3. The molecule has 3 aliphatic rings. The minimum absolute atomic E-state index is 0.0393. The van der Waals surface area contributed by atoms with E-state index in [0.29, 0.717) is 41.8 Å². The highest BCUT2D eigenvalue weighted by atomic mass is 35.5. The average Bonchev–Trinajstić information content (AvgIpc) is 3.56. The maximum Gasteiger partial charge on any atom is 0.257 e. The molecule has 184 valence electrons. The van der Waals surface area contributed by atoms with E-state index in [0.717, 1.165) is 24.1 Å². The normalized spacial score (nSPS) is 19.0. The van der Waals surface area contributed by atoms with E-state index in [2.05, 4.69) is 20.9 Å². The number of rotatable bonds is 5. The highest BCUT2D eigenvalue weighted by molar-refractivity contribution is 7.91. The SMILES string of the molecule is O=C(NC1=NCCN1)c1ccc(Nc2cccc(C(=O)N3CCS(=O)(=O)CC3)c2Cl)c(C2CC2)c1. The van der Waals surface area contributed by atoms with Gasteiger partial charge in [0.05, 0.1) is 34.3 Å². The predicted octanol–water partition coefficient (Wildman–Crippen LogP) is 2.52. The molecule has 0 unspecified atom stereocenters. The smallest absolute Gasteiger partial charge is 0.257 e. The predicted molar refractivity (Wildman–Crippen MR) is 135 cm³/mol. The Morgan fingerprint density at radius 2 is 1.86 bits per heavy atom. The van der Waals surface area contributed by atoms with Gasteiger partial charge in [0.25, 0.3) is 11.8 Å². The van der Waals surface area contributed by atoms with Crippen LogP contribution >= 0.6 is 11.6 Å². The molecular weight excluding hydrogens is 490 g/mol. The Morgan fingerprint density at radius 1 is 1.09 bits per heavy atom. The lowest BCUT2D eigenvalue weighted by Gasteiger charge is -2.27. The first-order valence-corrected chi connectivity index (χ1v) is 13.8. The lowest BCUT2D eigenvalue weighted by atomic mass is 10.0. The maximum atomic E-state index is 13.0. The summed E-state index contributed by atoms with van der Waals surface area (Å²) < 4.78 is 23.4. The quantitative estimate of drug-likeness (QED) is 0.563. The van der Waals surface area contributed by atoms with Gasteiger partial charge in [0.1, 0.15) is 0 Å². The van der Waals surface area contributed by atoms with Gasteiger partial charge in [-0.15, -0.1) is 0 Å². The van der Waals surface area contributed by atoms with Gasteiger partial charge in [-0.3, -0.25) is 19.9 Å². The van der Waals surface area contributed by atoms with Crippen molar-refractivity contribution in [3.63, 3.8) is 0 Å². The fraction of sp³-hybridized carbons (Fsp3) is 0.375. The number of halogens is 1. The second-order valence-corrected chi connectivity index (χ2v) is 11.6. The van der Waals surface area contributed by atoms with Crippen LogP contribution in [0.25, 0.3) is 0 Å². The first-order valence-electron chi connectivity index (χ1n) is 11.6. The second-order valence-electron chi connectivity index (χ2n) is 8.92. The zero-order chi connectivity index (χ0) is 24.6. The van der Waals surface area contributed by atoms with Gasteiger partial charge in [0, 0.05) is 30.9 Å². The van der Waals surface area contributed by atoms with Crippen molar-refractivity contribution >= 4 is 50.6 Å². The van der Waals surface area contributed by atoms with E-state index < -0.39 is 9.84 Å². The molecule has 1 saturated heterocycles. The van der Waals surface area contributed by atoms with E-state index >= 15 is 0 Å². The molecule has 9 nitrogen and oxygen atoms in total. The summed E-state index contributed by atoms with van der Waals surface area (Å²) in [4.78, 5) is 31.4. The van der Waals surface area contributed by atoms with E-state index in [1.54, 1.807) is 24.3 Å². The van der Waals surface area contributed by atoms with Crippen molar-refractivity contribution < 1.29 is 18.0 Å². The molecule has 0 spiro atoms. The van der Waals surface area contributed by atoms with Gasteiger partial charge in [-0.05, 0) is 54.7 Å². The topological polar surface area (TPSA) is 120 Å². The van der Waals surface area contributed by atoms with Crippen LogP contribution in [-0.2, 0) is 9.84 Å². The molecule has 3 N–H and O–H groups in total. The van der Waals surface area contributed by atoms with Crippen LogP contribution in [0.1, 0.15) is 45.0 Å². The van der Waals surface area contributed by atoms with Crippen LogP contribution in [0, 0.1) is 0 Å². The highest BCUT2D eigenvalue weighted by Crippen LogP contribution is 2.45. The number of amides is 2. The molecule has 1 aliphatic carbocycles. The molecule has 0 radical (unpaired) electrons. The van der Waals surface area contributed by atoms with Gasteiger partial charge < -0.3 is 15.5 Å². The molecule has 2 heterocycles. The van der Waals surface area contributed by atoms with Crippen LogP contribution < -0.4 is 16.0 Å². The molecule has 0 atom stereocenters. The summed E-state index contributed by atoms with van der Waals surface area (Å²) >= 11 is 6.64. The van der Waals surface area contributed by atoms with Crippen molar-refractivity contribution in [1.29, 1.82) is 0 Å². The van der Waals surface area contributed by atoms with Crippen molar-refractivity contribution in [3.05, 3.63) is 58.1 Å². The minimum atomic E-state index is -3.09. The lowest BCUT2D eigenvalue weighted by molar-refractivity contribution is 0.0770. The van der Waals surface area contributed by atoms with Crippen molar-refractivity contribution in [2.24, 2.45) is 4.99 Å². The Labute approximate surface area is 208 Å². The zero-order valence-corrected chi connectivity index (χ0v) is 20.6. The Balaban J connectivity index is 1.36. The minimum Gasteiger partial charge on any atom is -0.354 e. The number of hydrogen-bond acceptors (Lipinski definition) is 7. The maximum absolute atomic E-state index is 13.0. The molecule has 2 amide bonds. The fourth-order valence-electron chi connectivity index (χ4n) is 4.24. The van der Waals surface area contributed by atoms with E-state index in [1.165, 1.54) is 4.90 Å². The third kappa shape index (κ3) is 5.28. The van der Waals surface area contributed by atoms with Crippen molar-refractivity contribution in [3.8, 4) is 0 Å². The summed E-state index contributed by atoms with van der Waals surface area (Å²) in [6, 6.07) is 10.7. The summed E-state index contributed by atoms with van der Waals surface area (Å²) in [5, 5.41) is 9.45. The van der Waals surface area contributed by atoms with E-state index in [4.69, 9.17) is 11.6 Å². The summed E-state index contributed by atoms with van der Waals surface area (Å²) in [5.74, 6) is 0.258. The number of anilines is 2. The van der Waals surface area contributed by atoms with E-state index in [-0.39, 0.29) is 41.4 Å². The Morgan fingerprint density at radius 3 is 2.54 bits per heavy atom. The number of hydrogen-bond donors (Lipinski definition) is 3. The Hall–Kier alpha value is -3.11. The first-order chi connectivity index (χ1) is 16.8. The highest BCUT2D eigenvalue weighted by Gasteiger charge is 2.29. The molecule has 2 aromatic rings. The van der Waals surface area contributed by atoms with Crippen molar-refractivity contribution in [2.45, 2.75) is 18.8 Å². The molecule has 11 heteroatoms. The number of carbonyl (C=O) groups excluding carboxylic acids is 2. The number of nitrogens with zero attached hydrogens (tertiary/aromatic N) is 2. The molecule has 0 aromatic heterocycles.